The fraction of sp³-hybridized carbons (Fsp3) is 0.650. The fourth-order valence-electron chi connectivity index (χ4n) is 3.89. The molecule has 6 nitrogen and oxygen atoms in total. The van der Waals surface area contributed by atoms with Crippen LogP contribution in [-0.2, 0) is 10.0 Å². The minimum Gasteiger partial charge on any atom is -0.333 e. The molecule has 2 aliphatic rings. The lowest BCUT2D eigenvalue weighted by Gasteiger charge is -2.34. The molecule has 2 aliphatic heterocycles. The standard InChI is InChI=1S/C20H31N3O3S.ClH/c1-14-5-8-22(9-6-14)27(25,26)19-12-18(11-15(2)17(19)4)20(24)23-10-7-21-13-16(23)3;/h11-12,14,16,21H,5-10,13H2,1-4H3;1H/t16-;/m0./s1. The third-order valence-corrected chi connectivity index (χ3v) is 8.01. The topological polar surface area (TPSA) is 69.7 Å². The monoisotopic (exact) mass is 429 g/mol. The lowest BCUT2D eigenvalue weighted by molar-refractivity contribution is 0.0655. The van der Waals surface area contributed by atoms with E-state index in [1.807, 2.05) is 31.7 Å². The molecule has 0 bridgehead atoms. The van der Waals surface area contributed by atoms with Crippen molar-refractivity contribution < 1.29 is 13.2 Å². The van der Waals surface area contributed by atoms with E-state index >= 15 is 0 Å². The van der Waals surface area contributed by atoms with Crippen molar-refractivity contribution in [2.45, 2.75) is 51.5 Å². The fourth-order valence-corrected chi connectivity index (χ4v) is 5.68. The van der Waals surface area contributed by atoms with Crippen molar-refractivity contribution in [3.63, 3.8) is 0 Å². The van der Waals surface area contributed by atoms with Crippen LogP contribution in [0.25, 0.3) is 0 Å². The molecule has 0 spiro atoms. The van der Waals surface area contributed by atoms with Gasteiger partial charge in [-0.15, -0.1) is 12.4 Å². The third kappa shape index (κ3) is 4.53. The van der Waals surface area contributed by atoms with E-state index in [1.165, 1.54) is 0 Å². The van der Waals surface area contributed by atoms with Crippen LogP contribution in [0.15, 0.2) is 17.0 Å². The van der Waals surface area contributed by atoms with Crippen LogP contribution < -0.4 is 5.32 Å². The van der Waals surface area contributed by atoms with Crippen LogP contribution in [0.1, 0.15) is 48.2 Å². The number of hydrogen-bond acceptors (Lipinski definition) is 4. The van der Waals surface area contributed by atoms with Crippen LogP contribution in [0, 0.1) is 19.8 Å². The summed E-state index contributed by atoms with van der Waals surface area (Å²) < 4.78 is 28.1. The summed E-state index contributed by atoms with van der Waals surface area (Å²) in [6, 6.07) is 3.51. The number of benzene rings is 1. The molecule has 2 saturated heterocycles. The molecule has 1 aromatic rings. The van der Waals surface area contributed by atoms with Crippen molar-refractivity contribution in [2.24, 2.45) is 5.92 Å². The van der Waals surface area contributed by atoms with Crippen molar-refractivity contribution >= 4 is 28.3 Å². The first kappa shape index (κ1) is 23.1. The SMILES string of the molecule is Cc1cc(C(=O)N2CCNC[C@@H]2C)cc(S(=O)(=O)N2CCC(C)CC2)c1C.Cl. The van der Waals surface area contributed by atoms with Gasteiger partial charge in [-0.1, -0.05) is 6.92 Å². The average molecular weight is 430 g/mol. The van der Waals surface area contributed by atoms with Gasteiger partial charge in [0.1, 0.15) is 0 Å². The molecule has 28 heavy (non-hydrogen) atoms. The quantitative estimate of drug-likeness (QED) is 0.801. The van der Waals surface area contributed by atoms with Crippen LogP contribution >= 0.6 is 12.4 Å². The zero-order valence-electron chi connectivity index (χ0n) is 17.2. The van der Waals surface area contributed by atoms with Gasteiger partial charge in [0.2, 0.25) is 10.0 Å². The smallest absolute Gasteiger partial charge is 0.254 e. The van der Waals surface area contributed by atoms with Crippen LogP contribution in [0.3, 0.4) is 0 Å². The molecule has 2 heterocycles. The largest absolute Gasteiger partial charge is 0.333 e. The van der Waals surface area contributed by atoms with Crippen LogP contribution in [-0.4, -0.2) is 62.3 Å². The van der Waals surface area contributed by atoms with Crippen molar-refractivity contribution in [3.05, 3.63) is 28.8 Å². The maximum atomic E-state index is 13.3. The maximum Gasteiger partial charge on any atom is 0.254 e. The second-order valence-corrected chi connectivity index (χ2v) is 9.96. The molecule has 3 rings (SSSR count). The highest BCUT2D eigenvalue weighted by molar-refractivity contribution is 7.89. The van der Waals surface area contributed by atoms with E-state index in [-0.39, 0.29) is 29.3 Å². The zero-order chi connectivity index (χ0) is 19.8. The lowest BCUT2D eigenvalue weighted by Crippen LogP contribution is -2.52. The highest BCUT2D eigenvalue weighted by atomic mass is 35.5. The molecular formula is C20H32ClN3O3S. The molecule has 0 radical (unpaired) electrons. The molecule has 1 N–H and O–H groups in total. The summed E-state index contributed by atoms with van der Waals surface area (Å²) in [5.41, 5.74) is 2.04. The number of carbonyl (C=O) groups excluding carboxylic acids is 1. The van der Waals surface area contributed by atoms with Crippen molar-refractivity contribution in [1.82, 2.24) is 14.5 Å². The van der Waals surface area contributed by atoms with E-state index in [0.29, 0.717) is 31.1 Å². The molecule has 1 atom stereocenters. The first-order valence-electron chi connectivity index (χ1n) is 9.85. The van der Waals surface area contributed by atoms with Gasteiger partial charge < -0.3 is 10.2 Å². The normalized spacial score (nSPS) is 22.0. The summed E-state index contributed by atoms with van der Waals surface area (Å²) in [4.78, 5) is 15.2. The Morgan fingerprint density at radius 1 is 1.11 bits per heavy atom. The van der Waals surface area contributed by atoms with Gasteiger partial charge in [0, 0.05) is 44.3 Å². The highest BCUT2D eigenvalue weighted by Crippen LogP contribution is 2.28. The number of nitrogens with zero attached hydrogens (tertiary/aromatic N) is 2. The van der Waals surface area contributed by atoms with Crippen LogP contribution in [0.5, 0.6) is 0 Å². The van der Waals surface area contributed by atoms with Gasteiger partial charge in [-0.2, -0.15) is 4.31 Å². The molecule has 0 unspecified atom stereocenters. The Morgan fingerprint density at radius 3 is 2.36 bits per heavy atom. The Kier molecular flexibility index (Phi) is 7.53. The predicted octanol–water partition coefficient (Wildman–Crippen LogP) is 2.58. The van der Waals surface area contributed by atoms with Crippen molar-refractivity contribution in [2.75, 3.05) is 32.7 Å². The molecule has 0 saturated carbocycles. The summed E-state index contributed by atoms with van der Waals surface area (Å²) >= 11 is 0. The summed E-state index contributed by atoms with van der Waals surface area (Å²) in [7, 11) is -3.59. The van der Waals surface area contributed by atoms with Gasteiger partial charge in [-0.05, 0) is 62.8 Å². The Bertz CT molecular complexity index is 820. The molecule has 8 heteroatoms. The summed E-state index contributed by atoms with van der Waals surface area (Å²) in [6.45, 7) is 11.1. The summed E-state index contributed by atoms with van der Waals surface area (Å²) in [5.74, 6) is 0.470. The van der Waals surface area contributed by atoms with E-state index < -0.39 is 10.0 Å². The van der Waals surface area contributed by atoms with Crippen LogP contribution in [0.4, 0.5) is 0 Å². The second kappa shape index (κ2) is 9.11. The van der Waals surface area contributed by atoms with E-state index in [1.54, 1.807) is 10.4 Å². The van der Waals surface area contributed by atoms with E-state index in [9.17, 15) is 13.2 Å². The Labute approximate surface area is 175 Å². The number of rotatable bonds is 3. The first-order chi connectivity index (χ1) is 12.7. The van der Waals surface area contributed by atoms with Crippen molar-refractivity contribution in [3.8, 4) is 0 Å². The zero-order valence-corrected chi connectivity index (χ0v) is 18.8. The third-order valence-electron chi connectivity index (χ3n) is 5.99. The number of piperazine rings is 1. The van der Waals surface area contributed by atoms with Gasteiger partial charge in [0.15, 0.2) is 0 Å². The Balaban J connectivity index is 0.00000280. The minimum atomic E-state index is -3.59. The van der Waals surface area contributed by atoms with Gasteiger partial charge >= 0.3 is 0 Å². The van der Waals surface area contributed by atoms with Gasteiger partial charge in [-0.3, -0.25) is 4.79 Å². The number of piperidine rings is 1. The molecular weight excluding hydrogens is 398 g/mol. The Hall–Kier alpha value is -1.15. The molecule has 1 aromatic carbocycles. The van der Waals surface area contributed by atoms with Crippen molar-refractivity contribution in [1.29, 1.82) is 0 Å². The summed E-state index contributed by atoms with van der Waals surface area (Å²) in [6.07, 6.45) is 1.77. The number of nitrogens with one attached hydrogen (secondary N) is 1. The number of aryl methyl sites for hydroxylation is 1. The Morgan fingerprint density at radius 2 is 1.75 bits per heavy atom. The number of sulfonamides is 1. The molecule has 158 valence electrons. The molecule has 2 fully saturated rings. The van der Waals surface area contributed by atoms with Gasteiger partial charge in [0.25, 0.3) is 5.91 Å². The highest BCUT2D eigenvalue weighted by Gasteiger charge is 2.31. The second-order valence-electron chi connectivity index (χ2n) is 8.05. The predicted molar refractivity (Wildman–Crippen MR) is 114 cm³/mol. The molecule has 0 aliphatic carbocycles. The number of carbonyl (C=O) groups is 1. The first-order valence-corrected chi connectivity index (χ1v) is 11.3. The van der Waals surface area contributed by atoms with E-state index in [0.717, 1.165) is 37.1 Å². The molecule has 0 aromatic heterocycles. The minimum absolute atomic E-state index is 0. The van der Waals surface area contributed by atoms with Gasteiger partial charge in [-0.25, -0.2) is 8.42 Å². The van der Waals surface area contributed by atoms with Crippen LogP contribution in [0.2, 0.25) is 0 Å². The molecule has 1 amide bonds. The summed E-state index contributed by atoms with van der Waals surface area (Å²) in [5, 5.41) is 3.28. The van der Waals surface area contributed by atoms with E-state index in [2.05, 4.69) is 12.2 Å². The average Bonchev–Trinajstić information content (AvgIpc) is 2.64. The van der Waals surface area contributed by atoms with E-state index in [4.69, 9.17) is 0 Å². The number of hydrogen-bond donors (Lipinski definition) is 1. The number of amides is 1. The number of halogens is 1. The lowest BCUT2D eigenvalue weighted by atomic mass is 10.0. The maximum absolute atomic E-state index is 13.3. The van der Waals surface area contributed by atoms with Gasteiger partial charge in [0.05, 0.1) is 4.90 Å².